The second-order valence-corrected chi connectivity index (χ2v) is 5.70. The Balaban J connectivity index is 2.28. The van der Waals surface area contributed by atoms with Gasteiger partial charge in [-0.2, -0.15) is 0 Å². The molecule has 1 amide bonds. The van der Waals surface area contributed by atoms with Crippen molar-refractivity contribution >= 4 is 17.6 Å². The van der Waals surface area contributed by atoms with Crippen LogP contribution in [-0.4, -0.2) is 23.6 Å². The zero-order valence-electron chi connectivity index (χ0n) is 13.3. The number of carboxylic acids is 1. The molecular weight excluding hydrogens is 282 g/mol. The summed E-state index contributed by atoms with van der Waals surface area (Å²) >= 11 is 0. The zero-order chi connectivity index (χ0) is 16.4. The Bertz CT molecular complexity index is 468. The fourth-order valence-electron chi connectivity index (χ4n) is 1.83. The van der Waals surface area contributed by atoms with Gasteiger partial charge in [-0.05, 0) is 49.4 Å². The maximum absolute atomic E-state index is 11.7. The van der Waals surface area contributed by atoms with Crippen molar-refractivity contribution in [2.75, 3.05) is 11.9 Å². The van der Waals surface area contributed by atoms with Gasteiger partial charge in [0.05, 0.1) is 6.61 Å². The van der Waals surface area contributed by atoms with Gasteiger partial charge in [0.25, 0.3) is 0 Å². The number of hydrogen-bond donors (Lipinski definition) is 2. The van der Waals surface area contributed by atoms with Crippen molar-refractivity contribution in [3.8, 4) is 5.75 Å². The van der Waals surface area contributed by atoms with Crippen LogP contribution in [0.1, 0.15) is 46.0 Å². The normalized spacial score (nSPS) is 10.5. The zero-order valence-corrected chi connectivity index (χ0v) is 13.3. The van der Waals surface area contributed by atoms with Crippen molar-refractivity contribution in [2.24, 2.45) is 5.92 Å². The minimum atomic E-state index is -0.825. The molecule has 0 aliphatic heterocycles. The van der Waals surface area contributed by atoms with Crippen LogP contribution < -0.4 is 10.1 Å². The lowest BCUT2D eigenvalue weighted by molar-refractivity contribution is -0.137. The number of hydrogen-bond acceptors (Lipinski definition) is 3. The van der Waals surface area contributed by atoms with E-state index in [9.17, 15) is 9.59 Å². The number of amides is 1. The predicted octanol–water partition coefficient (Wildman–Crippen LogP) is 3.70. The molecule has 122 valence electrons. The highest BCUT2D eigenvalue weighted by Gasteiger charge is 2.04. The fraction of sp³-hybridized carbons (Fsp3) is 0.529. The number of unbranched alkanes of at least 4 members (excludes halogenated alkanes) is 1. The summed E-state index contributed by atoms with van der Waals surface area (Å²) in [6, 6.07) is 7.28. The third kappa shape index (κ3) is 8.29. The Hall–Kier alpha value is -2.04. The van der Waals surface area contributed by atoms with Crippen LogP contribution in [0.2, 0.25) is 0 Å². The summed E-state index contributed by atoms with van der Waals surface area (Å²) in [6.07, 6.45) is 2.55. The van der Waals surface area contributed by atoms with E-state index in [0.29, 0.717) is 31.8 Å². The average Bonchev–Trinajstić information content (AvgIpc) is 2.45. The molecule has 0 fully saturated rings. The van der Waals surface area contributed by atoms with Gasteiger partial charge in [0, 0.05) is 18.5 Å². The van der Waals surface area contributed by atoms with Crippen molar-refractivity contribution in [2.45, 2.75) is 46.0 Å². The molecule has 0 bridgehead atoms. The first-order valence-corrected chi connectivity index (χ1v) is 7.72. The van der Waals surface area contributed by atoms with E-state index in [2.05, 4.69) is 19.2 Å². The van der Waals surface area contributed by atoms with E-state index in [1.54, 1.807) is 12.1 Å². The number of carboxylic acid groups (broad SMARTS) is 1. The van der Waals surface area contributed by atoms with Gasteiger partial charge in [0.15, 0.2) is 0 Å². The number of carbonyl (C=O) groups is 2. The molecule has 0 saturated carbocycles. The lowest BCUT2D eigenvalue weighted by Crippen LogP contribution is -2.11. The number of anilines is 1. The molecule has 1 aromatic carbocycles. The molecule has 5 heteroatoms. The van der Waals surface area contributed by atoms with Gasteiger partial charge in [0.1, 0.15) is 5.75 Å². The van der Waals surface area contributed by atoms with Crippen molar-refractivity contribution < 1.29 is 19.4 Å². The molecule has 5 nitrogen and oxygen atoms in total. The minimum Gasteiger partial charge on any atom is -0.494 e. The molecule has 22 heavy (non-hydrogen) atoms. The molecule has 0 aromatic heterocycles. The number of nitrogens with one attached hydrogen (secondary N) is 1. The van der Waals surface area contributed by atoms with E-state index in [1.807, 2.05) is 12.1 Å². The maximum atomic E-state index is 11.7. The number of rotatable bonds is 10. The minimum absolute atomic E-state index is 0.0983. The van der Waals surface area contributed by atoms with Crippen LogP contribution in [0, 0.1) is 5.92 Å². The van der Waals surface area contributed by atoms with E-state index in [4.69, 9.17) is 9.84 Å². The third-order valence-corrected chi connectivity index (χ3v) is 3.15. The monoisotopic (exact) mass is 307 g/mol. The topological polar surface area (TPSA) is 75.6 Å². The van der Waals surface area contributed by atoms with Crippen LogP contribution in [0.25, 0.3) is 0 Å². The van der Waals surface area contributed by atoms with Crippen LogP contribution in [0.5, 0.6) is 5.75 Å². The maximum Gasteiger partial charge on any atom is 0.303 e. The predicted molar refractivity (Wildman–Crippen MR) is 86.1 cm³/mol. The van der Waals surface area contributed by atoms with Gasteiger partial charge in [-0.3, -0.25) is 9.59 Å². The van der Waals surface area contributed by atoms with E-state index in [0.717, 1.165) is 17.9 Å². The van der Waals surface area contributed by atoms with E-state index in [1.165, 1.54) is 0 Å². The van der Waals surface area contributed by atoms with Gasteiger partial charge in [-0.25, -0.2) is 0 Å². The van der Waals surface area contributed by atoms with E-state index in [-0.39, 0.29) is 12.3 Å². The first-order chi connectivity index (χ1) is 10.5. The second kappa shape index (κ2) is 9.82. The smallest absolute Gasteiger partial charge is 0.303 e. The first kappa shape index (κ1) is 18.0. The summed E-state index contributed by atoms with van der Waals surface area (Å²) in [5.74, 6) is 0.479. The molecule has 1 rings (SSSR count). The van der Waals surface area contributed by atoms with Crippen molar-refractivity contribution in [3.05, 3.63) is 24.3 Å². The molecule has 0 heterocycles. The van der Waals surface area contributed by atoms with Gasteiger partial charge in [-0.15, -0.1) is 0 Å². The molecule has 0 radical (unpaired) electrons. The molecule has 0 atom stereocenters. The summed E-state index contributed by atoms with van der Waals surface area (Å²) in [7, 11) is 0. The molecule has 0 aliphatic carbocycles. The second-order valence-electron chi connectivity index (χ2n) is 5.70. The molecule has 1 aromatic rings. The Morgan fingerprint density at radius 3 is 2.36 bits per heavy atom. The lowest BCUT2D eigenvalue weighted by Gasteiger charge is -2.09. The highest BCUT2D eigenvalue weighted by molar-refractivity contribution is 5.90. The largest absolute Gasteiger partial charge is 0.494 e. The Morgan fingerprint density at radius 2 is 1.77 bits per heavy atom. The molecule has 0 saturated heterocycles. The lowest BCUT2D eigenvalue weighted by atomic mass is 10.1. The SMILES string of the molecule is CC(C)CCOc1ccc(NC(=O)CCCCC(=O)O)cc1. The molecular formula is C17H25NO4. The molecule has 0 spiro atoms. The standard InChI is InChI=1S/C17H25NO4/c1-13(2)11-12-22-15-9-7-14(8-10-15)18-16(19)5-3-4-6-17(20)21/h7-10,13H,3-6,11-12H2,1-2H3,(H,18,19)(H,20,21). The van der Waals surface area contributed by atoms with Crippen LogP contribution in [0.15, 0.2) is 24.3 Å². The summed E-state index contributed by atoms with van der Waals surface area (Å²) in [4.78, 5) is 22.1. The van der Waals surface area contributed by atoms with Crippen LogP contribution in [0.3, 0.4) is 0 Å². The Kier molecular flexibility index (Phi) is 8.04. The van der Waals surface area contributed by atoms with Gasteiger partial charge < -0.3 is 15.2 Å². The third-order valence-electron chi connectivity index (χ3n) is 3.15. The number of benzene rings is 1. The fourth-order valence-corrected chi connectivity index (χ4v) is 1.83. The van der Waals surface area contributed by atoms with Gasteiger partial charge in [0.2, 0.25) is 5.91 Å². The highest BCUT2D eigenvalue weighted by Crippen LogP contribution is 2.17. The van der Waals surface area contributed by atoms with Crippen molar-refractivity contribution in [1.82, 2.24) is 0 Å². The summed E-state index contributed by atoms with van der Waals surface area (Å²) < 4.78 is 5.61. The van der Waals surface area contributed by atoms with Crippen LogP contribution in [-0.2, 0) is 9.59 Å². The summed E-state index contributed by atoms with van der Waals surface area (Å²) in [5, 5.41) is 11.3. The van der Waals surface area contributed by atoms with Gasteiger partial charge in [-0.1, -0.05) is 13.8 Å². The quantitative estimate of drug-likeness (QED) is 0.646. The first-order valence-electron chi connectivity index (χ1n) is 7.72. The van der Waals surface area contributed by atoms with Crippen LogP contribution >= 0.6 is 0 Å². The Labute approximate surface area is 131 Å². The number of aliphatic carboxylic acids is 1. The van der Waals surface area contributed by atoms with E-state index >= 15 is 0 Å². The number of ether oxygens (including phenoxy) is 1. The average molecular weight is 307 g/mol. The van der Waals surface area contributed by atoms with E-state index < -0.39 is 5.97 Å². The molecule has 0 unspecified atom stereocenters. The van der Waals surface area contributed by atoms with Crippen molar-refractivity contribution in [3.63, 3.8) is 0 Å². The summed E-state index contributed by atoms with van der Waals surface area (Å²) in [6.45, 7) is 4.99. The van der Waals surface area contributed by atoms with Crippen molar-refractivity contribution in [1.29, 1.82) is 0 Å². The molecule has 2 N–H and O–H groups in total. The summed E-state index contributed by atoms with van der Waals surface area (Å²) in [5.41, 5.74) is 0.722. The molecule has 0 aliphatic rings. The van der Waals surface area contributed by atoms with Gasteiger partial charge >= 0.3 is 5.97 Å². The highest BCUT2D eigenvalue weighted by atomic mass is 16.5. The Morgan fingerprint density at radius 1 is 1.14 bits per heavy atom. The van der Waals surface area contributed by atoms with Crippen LogP contribution in [0.4, 0.5) is 5.69 Å². The number of carbonyl (C=O) groups excluding carboxylic acids is 1.